The molecule has 134 valence electrons. The first kappa shape index (κ1) is 18.2. The molecule has 0 aromatic heterocycles. The number of hydrogen-bond donors (Lipinski definition) is 0. The molecule has 0 aliphatic carbocycles. The predicted octanol–water partition coefficient (Wildman–Crippen LogP) is 3.87. The van der Waals surface area contributed by atoms with Crippen LogP contribution in [0.15, 0.2) is 47.5 Å². The number of imide groups is 1. The highest BCUT2D eigenvalue weighted by atomic mass is 35.5. The van der Waals surface area contributed by atoms with Gasteiger partial charge in [-0.1, -0.05) is 47.5 Å². The fourth-order valence-corrected chi connectivity index (χ4v) is 3.39. The van der Waals surface area contributed by atoms with Gasteiger partial charge in [-0.2, -0.15) is 0 Å². The summed E-state index contributed by atoms with van der Waals surface area (Å²) in [5, 5.41) is -0.00307. The van der Waals surface area contributed by atoms with Crippen LogP contribution in [0.5, 0.6) is 5.75 Å². The van der Waals surface area contributed by atoms with Gasteiger partial charge in [-0.15, -0.1) is 0 Å². The molecule has 0 fully saturated rings. The van der Waals surface area contributed by atoms with Crippen molar-refractivity contribution in [1.82, 2.24) is 4.90 Å². The van der Waals surface area contributed by atoms with Crippen LogP contribution in [0.4, 0.5) is 0 Å². The Labute approximate surface area is 158 Å². The van der Waals surface area contributed by atoms with Crippen LogP contribution in [0.1, 0.15) is 22.3 Å². The summed E-state index contributed by atoms with van der Waals surface area (Å²) in [6.45, 7) is 4.18. The van der Waals surface area contributed by atoms with E-state index in [-0.39, 0.29) is 17.5 Å². The molecule has 5 heteroatoms. The number of aryl methyl sites for hydroxylation is 2. The molecule has 1 heterocycles. The number of hydrogen-bond acceptors (Lipinski definition) is 3. The van der Waals surface area contributed by atoms with E-state index in [2.05, 4.69) is 0 Å². The van der Waals surface area contributed by atoms with Crippen LogP contribution in [0.2, 0.25) is 0 Å². The predicted molar refractivity (Wildman–Crippen MR) is 102 cm³/mol. The molecular formula is C21H20ClNO3. The fraction of sp³-hybridized carbons (Fsp3) is 0.238. The van der Waals surface area contributed by atoms with E-state index < -0.39 is 5.91 Å². The Hall–Kier alpha value is -2.59. The van der Waals surface area contributed by atoms with Gasteiger partial charge in [0.05, 0.1) is 12.7 Å². The first-order valence-corrected chi connectivity index (χ1v) is 8.76. The minimum absolute atomic E-state index is 0.00307. The van der Waals surface area contributed by atoms with Crippen LogP contribution in [0, 0.1) is 13.8 Å². The highest BCUT2D eigenvalue weighted by molar-refractivity contribution is 6.55. The van der Waals surface area contributed by atoms with Crippen molar-refractivity contribution in [3.05, 3.63) is 69.8 Å². The lowest BCUT2D eigenvalue weighted by molar-refractivity contribution is -0.136. The van der Waals surface area contributed by atoms with Gasteiger partial charge in [-0.25, -0.2) is 0 Å². The number of ether oxygens (including phenoxy) is 1. The third-order valence-corrected chi connectivity index (χ3v) is 4.90. The molecule has 1 aliphatic rings. The van der Waals surface area contributed by atoms with E-state index in [0.29, 0.717) is 17.6 Å². The van der Waals surface area contributed by atoms with E-state index in [9.17, 15) is 9.59 Å². The fourth-order valence-electron chi connectivity index (χ4n) is 3.11. The van der Waals surface area contributed by atoms with Crippen molar-refractivity contribution in [3.63, 3.8) is 0 Å². The lowest BCUT2D eigenvalue weighted by atomic mass is 9.99. The average Bonchev–Trinajstić information content (AvgIpc) is 2.83. The monoisotopic (exact) mass is 369 g/mol. The number of methoxy groups -OCH3 is 1. The zero-order valence-corrected chi connectivity index (χ0v) is 15.8. The summed E-state index contributed by atoms with van der Waals surface area (Å²) in [6, 6.07) is 13.3. The van der Waals surface area contributed by atoms with Gasteiger partial charge in [0.25, 0.3) is 11.8 Å². The van der Waals surface area contributed by atoms with Gasteiger partial charge in [0.15, 0.2) is 0 Å². The Morgan fingerprint density at radius 1 is 1.00 bits per heavy atom. The number of amides is 2. The summed E-state index contributed by atoms with van der Waals surface area (Å²) in [7, 11) is 1.61. The normalized spacial score (nSPS) is 14.4. The van der Waals surface area contributed by atoms with E-state index in [0.717, 1.165) is 22.4 Å². The molecule has 0 saturated heterocycles. The standard InChI is InChI=1S/C21H20ClNO3/c1-13-4-9-17(14(2)12-13)18-19(22)21(25)23(20(18)24)11-10-15-5-7-16(26-3)8-6-15/h4-9,12H,10-11H2,1-3H3. The molecule has 0 unspecified atom stereocenters. The molecule has 0 radical (unpaired) electrons. The number of halogens is 1. The lowest BCUT2D eigenvalue weighted by Gasteiger charge is -2.15. The zero-order valence-electron chi connectivity index (χ0n) is 15.0. The van der Waals surface area contributed by atoms with Crippen molar-refractivity contribution in [2.75, 3.05) is 13.7 Å². The van der Waals surface area contributed by atoms with Gasteiger partial charge in [0.1, 0.15) is 10.8 Å². The second kappa shape index (κ2) is 7.34. The van der Waals surface area contributed by atoms with Crippen molar-refractivity contribution in [3.8, 4) is 5.75 Å². The Morgan fingerprint density at radius 3 is 2.31 bits per heavy atom. The number of benzene rings is 2. The first-order chi connectivity index (χ1) is 12.4. The average molecular weight is 370 g/mol. The van der Waals surface area contributed by atoms with Crippen LogP contribution in [-0.4, -0.2) is 30.4 Å². The smallest absolute Gasteiger partial charge is 0.273 e. The minimum atomic E-state index is -0.430. The zero-order chi connectivity index (χ0) is 18.8. The maximum atomic E-state index is 12.8. The molecule has 0 atom stereocenters. The van der Waals surface area contributed by atoms with E-state index in [1.54, 1.807) is 7.11 Å². The van der Waals surface area contributed by atoms with Gasteiger partial charge in [0, 0.05) is 6.54 Å². The Bertz CT molecular complexity index is 900. The second-order valence-electron chi connectivity index (χ2n) is 6.37. The first-order valence-electron chi connectivity index (χ1n) is 8.39. The van der Waals surface area contributed by atoms with E-state index in [1.807, 2.05) is 56.3 Å². The Kier molecular flexibility index (Phi) is 5.14. The number of carbonyl (C=O) groups excluding carboxylic acids is 2. The lowest BCUT2D eigenvalue weighted by Crippen LogP contribution is -2.33. The summed E-state index contributed by atoms with van der Waals surface area (Å²) >= 11 is 6.24. The van der Waals surface area contributed by atoms with Gasteiger partial charge >= 0.3 is 0 Å². The SMILES string of the molecule is COc1ccc(CCN2C(=O)C(Cl)=C(c3ccc(C)cc3C)C2=O)cc1. The molecule has 0 N–H and O–H groups in total. The summed E-state index contributed by atoms with van der Waals surface area (Å²) in [4.78, 5) is 26.5. The van der Waals surface area contributed by atoms with Crippen molar-refractivity contribution in [2.24, 2.45) is 0 Å². The van der Waals surface area contributed by atoms with Crippen LogP contribution in [0.3, 0.4) is 0 Å². The van der Waals surface area contributed by atoms with Gasteiger partial charge < -0.3 is 4.74 Å². The van der Waals surface area contributed by atoms with Crippen LogP contribution < -0.4 is 4.74 Å². The van der Waals surface area contributed by atoms with Gasteiger partial charge in [0.2, 0.25) is 0 Å². The van der Waals surface area contributed by atoms with Crippen molar-refractivity contribution in [2.45, 2.75) is 20.3 Å². The van der Waals surface area contributed by atoms with Crippen molar-refractivity contribution >= 4 is 29.0 Å². The van der Waals surface area contributed by atoms with Crippen LogP contribution in [-0.2, 0) is 16.0 Å². The topological polar surface area (TPSA) is 46.6 Å². The molecule has 0 bridgehead atoms. The maximum absolute atomic E-state index is 12.8. The molecule has 2 amide bonds. The largest absolute Gasteiger partial charge is 0.497 e. The van der Waals surface area contributed by atoms with Gasteiger partial charge in [-0.3, -0.25) is 14.5 Å². The summed E-state index contributed by atoms with van der Waals surface area (Å²) in [5.41, 5.74) is 4.05. The molecule has 1 aliphatic heterocycles. The second-order valence-corrected chi connectivity index (χ2v) is 6.75. The molecule has 2 aromatic rings. The van der Waals surface area contributed by atoms with Crippen LogP contribution in [0.25, 0.3) is 5.57 Å². The highest BCUT2D eigenvalue weighted by Gasteiger charge is 2.38. The Morgan fingerprint density at radius 2 is 1.69 bits per heavy atom. The summed E-state index contributed by atoms with van der Waals surface area (Å²) in [5.74, 6) is 0.00420. The highest BCUT2D eigenvalue weighted by Crippen LogP contribution is 2.33. The van der Waals surface area contributed by atoms with Crippen molar-refractivity contribution < 1.29 is 14.3 Å². The van der Waals surface area contributed by atoms with E-state index in [1.165, 1.54) is 4.90 Å². The molecule has 3 rings (SSSR count). The number of nitrogens with zero attached hydrogens (tertiary/aromatic N) is 1. The van der Waals surface area contributed by atoms with E-state index >= 15 is 0 Å². The Balaban J connectivity index is 1.79. The third-order valence-electron chi connectivity index (χ3n) is 4.55. The molecule has 0 spiro atoms. The van der Waals surface area contributed by atoms with E-state index in [4.69, 9.17) is 16.3 Å². The molecule has 26 heavy (non-hydrogen) atoms. The summed E-state index contributed by atoms with van der Waals surface area (Å²) < 4.78 is 5.14. The molecular weight excluding hydrogens is 350 g/mol. The van der Waals surface area contributed by atoms with Crippen LogP contribution >= 0.6 is 11.6 Å². The van der Waals surface area contributed by atoms with Gasteiger partial charge in [-0.05, 0) is 49.1 Å². The van der Waals surface area contributed by atoms with Crippen molar-refractivity contribution in [1.29, 1.82) is 0 Å². The molecule has 4 nitrogen and oxygen atoms in total. The minimum Gasteiger partial charge on any atom is -0.497 e. The number of carbonyl (C=O) groups is 2. The molecule has 2 aromatic carbocycles. The quantitative estimate of drug-likeness (QED) is 0.751. The third kappa shape index (κ3) is 3.37. The number of rotatable bonds is 5. The molecule has 0 saturated carbocycles. The summed E-state index contributed by atoms with van der Waals surface area (Å²) in [6.07, 6.45) is 0.561. The maximum Gasteiger partial charge on any atom is 0.273 e.